The standard InChI is InChI=1S/C12H17N5O/c18-11(7-13-10-3-1-2-4-10)9-5-6-12-14-15-16-17(12)8-9/h5-6,8,10-11,13,18H,1-4,7H2/t11-/m0/s1. The molecule has 0 aliphatic heterocycles. The first-order chi connectivity index (χ1) is 8.83. The molecule has 0 spiro atoms. The first-order valence-corrected chi connectivity index (χ1v) is 6.42. The molecule has 1 aliphatic rings. The molecule has 0 amide bonds. The summed E-state index contributed by atoms with van der Waals surface area (Å²) in [5.74, 6) is 0. The molecular weight excluding hydrogens is 230 g/mol. The molecule has 2 heterocycles. The van der Waals surface area contributed by atoms with Crippen molar-refractivity contribution in [3.63, 3.8) is 0 Å². The van der Waals surface area contributed by atoms with Crippen molar-refractivity contribution in [1.29, 1.82) is 0 Å². The van der Waals surface area contributed by atoms with Crippen LogP contribution in [0.2, 0.25) is 0 Å². The fraction of sp³-hybridized carbons (Fsp3) is 0.583. The van der Waals surface area contributed by atoms with Crippen LogP contribution in [0.3, 0.4) is 0 Å². The Morgan fingerprint density at radius 1 is 1.39 bits per heavy atom. The van der Waals surface area contributed by atoms with Crippen LogP contribution >= 0.6 is 0 Å². The van der Waals surface area contributed by atoms with Gasteiger partial charge in [-0.1, -0.05) is 18.9 Å². The zero-order chi connectivity index (χ0) is 12.4. The van der Waals surface area contributed by atoms with E-state index < -0.39 is 6.10 Å². The monoisotopic (exact) mass is 247 g/mol. The molecule has 1 saturated carbocycles. The Balaban J connectivity index is 1.65. The Morgan fingerprint density at radius 2 is 2.22 bits per heavy atom. The lowest BCUT2D eigenvalue weighted by atomic mass is 10.1. The number of rotatable bonds is 4. The number of hydrogen-bond donors (Lipinski definition) is 2. The van der Waals surface area contributed by atoms with Crippen molar-refractivity contribution in [2.45, 2.75) is 37.8 Å². The van der Waals surface area contributed by atoms with Gasteiger partial charge in [0.2, 0.25) is 0 Å². The van der Waals surface area contributed by atoms with Crippen molar-refractivity contribution in [1.82, 2.24) is 25.4 Å². The van der Waals surface area contributed by atoms with Crippen LogP contribution in [-0.2, 0) is 0 Å². The van der Waals surface area contributed by atoms with Gasteiger partial charge in [-0.2, -0.15) is 0 Å². The molecule has 96 valence electrons. The molecule has 2 aromatic heterocycles. The minimum atomic E-state index is -0.515. The summed E-state index contributed by atoms with van der Waals surface area (Å²) in [5.41, 5.74) is 1.52. The highest BCUT2D eigenvalue weighted by Gasteiger charge is 2.16. The molecule has 1 fully saturated rings. The third-order valence-corrected chi connectivity index (χ3v) is 3.55. The zero-order valence-corrected chi connectivity index (χ0v) is 10.2. The van der Waals surface area contributed by atoms with Gasteiger partial charge in [-0.05, 0) is 29.3 Å². The molecule has 0 aromatic carbocycles. The van der Waals surface area contributed by atoms with Crippen LogP contribution in [0.15, 0.2) is 18.3 Å². The molecule has 0 unspecified atom stereocenters. The van der Waals surface area contributed by atoms with Gasteiger partial charge < -0.3 is 10.4 Å². The highest BCUT2D eigenvalue weighted by atomic mass is 16.3. The molecule has 0 bridgehead atoms. The van der Waals surface area contributed by atoms with E-state index in [0.29, 0.717) is 18.2 Å². The molecule has 0 saturated heterocycles. The van der Waals surface area contributed by atoms with Crippen LogP contribution in [0.5, 0.6) is 0 Å². The van der Waals surface area contributed by atoms with Gasteiger partial charge in [-0.3, -0.25) is 0 Å². The van der Waals surface area contributed by atoms with E-state index in [-0.39, 0.29) is 0 Å². The number of aromatic nitrogens is 4. The average Bonchev–Trinajstić information content (AvgIpc) is 3.05. The second-order valence-electron chi connectivity index (χ2n) is 4.85. The molecule has 2 N–H and O–H groups in total. The summed E-state index contributed by atoms with van der Waals surface area (Å²) in [6.45, 7) is 0.582. The SMILES string of the molecule is O[C@@H](CNC1CCCC1)c1ccc2nnnn2c1. The lowest BCUT2D eigenvalue weighted by Crippen LogP contribution is -2.30. The molecule has 6 heteroatoms. The number of nitrogens with zero attached hydrogens (tertiary/aromatic N) is 4. The fourth-order valence-electron chi connectivity index (χ4n) is 2.48. The number of hydrogen-bond acceptors (Lipinski definition) is 5. The molecule has 6 nitrogen and oxygen atoms in total. The maximum Gasteiger partial charge on any atom is 0.179 e. The second-order valence-corrected chi connectivity index (χ2v) is 4.85. The minimum Gasteiger partial charge on any atom is -0.387 e. The highest BCUT2D eigenvalue weighted by molar-refractivity contribution is 5.36. The number of aliphatic hydroxyl groups excluding tert-OH is 1. The van der Waals surface area contributed by atoms with E-state index in [1.807, 2.05) is 12.1 Å². The van der Waals surface area contributed by atoms with E-state index in [9.17, 15) is 5.11 Å². The molecule has 0 radical (unpaired) electrons. The van der Waals surface area contributed by atoms with Gasteiger partial charge in [0.25, 0.3) is 0 Å². The minimum absolute atomic E-state index is 0.515. The van der Waals surface area contributed by atoms with Gasteiger partial charge in [-0.15, -0.1) is 5.10 Å². The molecule has 1 aliphatic carbocycles. The van der Waals surface area contributed by atoms with Crippen molar-refractivity contribution in [2.75, 3.05) is 6.54 Å². The predicted octanol–water partition coefficient (Wildman–Crippen LogP) is 0.690. The number of aliphatic hydroxyl groups is 1. The summed E-state index contributed by atoms with van der Waals surface area (Å²) in [4.78, 5) is 0. The predicted molar refractivity (Wildman–Crippen MR) is 66.0 cm³/mol. The first-order valence-electron chi connectivity index (χ1n) is 6.42. The smallest absolute Gasteiger partial charge is 0.179 e. The van der Waals surface area contributed by atoms with E-state index in [4.69, 9.17) is 0 Å². The van der Waals surface area contributed by atoms with Crippen LogP contribution in [0, 0.1) is 0 Å². The van der Waals surface area contributed by atoms with Crippen molar-refractivity contribution in [2.24, 2.45) is 0 Å². The van der Waals surface area contributed by atoms with Gasteiger partial charge >= 0.3 is 0 Å². The number of nitrogens with one attached hydrogen (secondary N) is 1. The zero-order valence-electron chi connectivity index (χ0n) is 10.2. The van der Waals surface area contributed by atoms with Crippen LogP contribution < -0.4 is 5.32 Å². The molecule has 3 rings (SSSR count). The Bertz CT molecular complexity index is 520. The Hall–Kier alpha value is -1.53. The Kier molecular flexibility index (Phi) is 3.21. The number of fused-ring (bicyclic) bond motifs is 1. The largest absolute Gasteiger partial charge is 0.387 e. The van der Waals surface area contributed by atoms with Crippen molar-refractivity contribution in [3.05, 3.63) is 23.9 Å². The normalized spacial score (nSPS) is 18.5. The number of pyridine rings is 1. The van der Waals surface area contributed by atoms with Gasteiger partial charge in [0.15, 0.2) is 5.65 Å². The average molecular weight is 247 g/mol. The maximum atomic E-state index is 10.1. The van der Waals surface area contributed by atoms with Crippen molar-refractivity contribution >= 4 is 5.65 Å². The summed E-state index contributed by atoms with van der Waals surface area (Å²) in [7, 11) is 0. The van der Waals surface area contributed by atoms with Gasteiger partial charge in [0.05, 0.1) is 6.10 Å². The third-order valence-electron chi connectivity index (χ3n) is 3.55. The fourth-order valence-corrected chi connectivity index (χ4v) is 2.48. The summed E-state index contributed by atoms with van der Waals surface area (Å²) < 4.78 is 1.58. The topological polar surface area (TPSA) is 75.3 Å². The molecule has 1 atom stereocenters. The maximum absolute atomic E-state index is 10.1. The first kappa shape index (κ1) is 11.6. The van der Waals surface area contributed by atoms with Crippen LogP contribution in [-0.4, -0.2) is 37.7 Å². The third kappa shape index (κ3) is 2.34. The van der Waals surface area contributed by atoms with Crippen LogP contribution in [0.4, 0.5) is 0 Å². The summed E-state index contributed by atoms with van der Waals surface area (Å²) >= 11 is 0. The highest BCUT2D eigenvalue weighted by Crippen LogP contribution is 2.19. The van der Waals surface area contributed by atoms with E-state index in [2.05, 4.69) is 20.8 Å². The Morgan fingerprint density at radius 3 is 3.06 bits per heavy atom. The van der Waals surface area contributed by atoms with E-state index >= 15 is 0 Å². The lowest BCUT2D eigenvalue weighted by molar-refractivity contribution is 0.169. The van der Waals surface area contributed by atoms with Crippen LogP contribution in [0.1, 0.15) is 37.4 Å². The second kappa shape index (κ2) is 4.99. The summed E-state index contributed by atoms with van der Waals surface area (Å²) in [6, 6.07) is 4.25. The quantitative estimate of drug-likeness (QED) is 0.831. The Labute approximate surface area is 105 Å². The summed E-state index contributed by atoms with van der Waals surface area (Å²) in [6.07, 6.45) is 6.29. The number of tetrazole rings is 1. The van der Waals surface area contributed by atoms with Gasteiger partial charge in [0.1, 0.15) is 0 Å². The molecule has 2 aromatic rings. The summed E-state index contributed by atoms with van der Waals surface area (Å²) in [5, 5.41) is 24.8. The molecule has 18 heavy (non-hydrogen) atoms. The van der Waals surface area contributed by atoms with Gasteiger partial charge in [0, 0.05) is 24.3 Å². The van der Waals surface area contributed by atoms with E-state index in [1.165, 1.54) is 25.7 Å². The van der Waals surface area contributed by atoms with Crippen LogP contribution in [0.25, 0.3) is 5.65 Å². The van der Waals surface area contributed by atoms with Gasteiger partial charge in [-0.25, -0.2) is 4.52 Å². The van der Waals surface area contributed by atoms with E-state index in [0.717, 1.165) is 5.56 Å². The van der Waals surface area contributed by atoms with Crippen molar-refractivity contribution < 1.29 is 5.11 Å². The molecular formula is C12H17N5O. The van der Waals surface area contributed by atoms with Crippen molar-refractivity contribution in [3.8, 4) is 0 Å². The lowest BCUT2D eigenvalue weighted by Gasteiger charge is -2.16. The van der Waals surface area contributed by atoms with E-state index in [1.54, 1.807) is 10.7 Å².